The van der Waals surface area contributed by atoms with Gasteiger partial charge in [-0.2, -0.15) is 5.10 Å². The highest BCUT2D eigenvalue weighted by Crippen LogP contribution is 2.26. The van der Waals surface area contributed by atoms with Crippen molar-refractivity contribution in [1.29, 1.82) is 0 Å². The van der Waals surface area contributed by atoms with Crippen molar-refractivity contribution < 1.29 is 9.18 Å². The Kier molecular flexibility index (Phi) is 6.13. The minimum atomic E-state index is -0.678. The molecule has 0 aliphatic carbocycles. The molecule has 0 radical (unpaired) electrons. The van der Waals surface area contributed by atoms with Crippen molar-refractivity contribution in [2.24, 2.45) is 0 Å². The number of aromatic nitrogens is 3. The lowest BCUT2D eigenvalue weighted by molar-refractivity contribution is -0.122. The van der Waals surface area contributed by atoms with Gasteiger partial charge in [-0.1, -0.05) is 58.7 Å². The predicted molar refractivity (Wildman–Crippen MR) is 115 cm³/mol. The number of halogens is 2. The van der Waals surface area contributed by atoms with E-state index >= 15 is 0 Å². The number of benzene rings is 2. The van der Waals surface area contributed by atoms with Crippen molar-refractivity contribution >= 4 is 21.8 Å². The zero-order valence-corrected chi connectivity index (χ0v) is 17.9. The molecule has 2 aromatic carbocycles. The normalized spacial score (nSPS) is 14.6. The molecule has 1 aliphatic rings. The Labute approximate surface area is 181 Å². The lowest BCUT2D eigenvalue weighted by Crippen LogP contribution is -2.36. The lowest BCUT2D eigenvalue weighted by Gasteiger charge is -2.20. The number of aryl methyl sites for hydroxylation is 1. The van der Waals surface area contributed by atoms with Gasteiger partial charge in [0.2, 0.25) is 5.91 Å². The van der Waals surface area contributed by atoms with Crippen molar-refractivity contribution in [1.82, 2.24) is 19.7 Å². The number of hydrogen-bond donors (Lipinski definition) is 1. The fourth-order valence-electron chi connectivity index (χ4n) is 3.79. The van der Waals surface area contributed by atoms with E-state index in [1.807, 2.05) is 30.3 Å². The number of rotatable bonds is 5. The van der Waals surface area contributed by atoms with Crippen LogP contribution in [0.2, 0.25) is 0 Å². The average molecular weight is 473 g/mol. The molecule has 3 aromatic rings. The number of amides is 1. The first-order valence-electron chi connectivity index (χ1n) is 9.98. The minimum absolute atomic E-state index is 0.208. The molecule has 0 saturated carbocycles. The van der Waals surface area contributed by atoms with Crippen LogP contribution in [0.25, 0.3) is 0 Å². The van der Waals surface area contributed by atoms with Crippen LogP contribution >= 0.6 is 15.9 Å². The Bertz CT molecular complexity index is 1110. The van der Waals surface area contributed by atoms with E-state index in [2.05, 4.69) is 26.3 Å². The van der Waals surface area contributed by atoms with E-state index in [4.69, 9.17) is 0 Å². The predicted octanol–water partition coefficient (Wildman–Crippen LogP) is 3.58. The van der Waals surface area contributed by atoms with Crippen molar-refractivity contribution in [3.8, 4) is 0 Å². The largest absolute Gasteiger partial charge is 0.346 e. The van der Waals surface area contributed by atoms with Crippen LogP contribution in [-0.4, -0.2) is 20.3 Å². The molecule has 1 amide bonds. The highest BCUT2D eigenvalue weighted by molar-refractivity contribution is 9.10. The number of nitrogens with zero attached hydrogens (tertiary/aromatic N) is 3. The number of carbonyl (C=O) groups excluding carboxylic acids is 1. The first-order chi connectivity index (χ1) is 14.5. The van der Waals surface area contributed by atoms with E-state index in [9.17, 15) is 14.0 Å². The van der Waals surface area contributed by atoms with Gasteiger partial charge in [-0.05, 0) is 30.5 Å². The summed E-state index contributed by atoms with van der Waals surface area (Å²) >= 11 is 3.26. The molecular formula is C22H22BrFN4O2. The standard InChI is InChI=1S/C22H22BrFN4O2/c23-16-10-11-17(18(24)13-16)21(15-7-3-1-4-8-15)25-20(29)14-28-22(30)27-12-6-2-5-9-19(27)26-28/h1,3-4,7-8,10-11,13,21H,2,5-6,9,12,14H2,(H,25,29). The molecule has 2 heterocycles. The molecule has 0 saturated heterocycles. The first-order valence-corrected chi connectivity index (χ1v) is 10.8. The second-order valence-corrected chi connectivity index (χ2v) is 8.31. The second-order valence-electron chi connectivity index (χ2n) is 7.40. The van der Waals surface area contributed by atoms with Gasteiger partial charge in [-0.15, -0.1) is 0 Å². The van der Waals surface area contributed by atoms with Crippen molar-refractivity contribution in [2.45, 2.75) is 44.8 Å². The van der Waals surface area contributed by atoms with Gasteiger partial charge in [0, 0.05) is 23.0 Å². The SMILES string of the molecule is O=C(Cn1nc2n(c1=O)CCCCC2)NC(c1ccccc1)c1ccc(Br)cc1F. The molecule has 1 unspecified atom stereocenters. The first kappa shape index (κ1) is 20.5. The van der Waals surface area contributed by atoms with Crippen LogP contribution in [0.5, 0.6) is 0 Å². The van der Waals surface area contributed by atoms with Gasteiger partial charge >= 0.3 is 5.69 Å². The van der Waals surface area contributed by atoms with E-state index in [-0.39, 0.29) is 12.2 Å². The Hall–Kier alpha value is -2.74. The molecule has 1 N–H and O–H groups in total. The molecule has 1 aliphatic heterocycles. The molecule has 1 atom stereocenters. The zero-order chi connectivity index (χ0) is 21.1. The topological polar surface area (TPSA) is 68.9 Å². The summed E-state index contributed by atoms with van der Waals surface area (Å²) < 4.78 is 18.1. The van der Waals surface area contributed by atoms with Gasteiger partial charge in [-0.3, -0.25) is 9.36 Å². The quantitative estimate of drug-likeness (QED) is 0.616. The molecule has 0 fully saturated rings. The molecule has 8 heteroatoms. The number of nitrogens with one attached hydrogen (secondary N) is 1. The highest BCUT2D eigenvalue weighted by Gasteiger charge is 2.22. The fourth-order valence-corrected chi connectivity index (χ4v) is 4.13. The maximum absolute atomic E-state index is 14.7. The van der Waals surface area contributed by atoms with Gasteiger partial charge in [0.05, 0.1) is 6.04 Å². The summed E-state index contributed by atoms with van der Waals surface area (Å²) in [6, 6.07) is 13.3. The van der Waals surface area contributed by atoms with E-state index < -0.39 is 17.8 Å². The Morgan fingerprint density at radius 2 is 1.97 bits per heavy atom. The summed E-state index contributed by atoms with van der Waals surface area (Å²) in [7, 11) is 0. The van der Waals surface area contributed by atoms with E-state index in [0.717, 1.165) is 37.1 Å². The van der Waals surface area contributed by atoms with Crippen LogP contribution in [0, 0.1) is 5.82 Å². The number of fused-ring (bicyclic) bond motifs is 1. The highest BCUT2D eigenvalue weighted by atomic mass is 79.9. The molecular weight excluding hydrogens is 451 g/mol. The zero-order valence-electron chi connectivity index (χ0n) is 16.4. The van der Waals surface area contributed by atoms with Crippen LogP contribution in [0.15, 0.2) is 57.8 Å². The number of carbonyl (C=O) groups is 1. The molecule has 0 bridgehead atoms. The van der Waals surface area contributed by atoms with Gasteiger partial charge in [-0.25, -0.2) is 13.9 Å². The minimum Gasteiger partial charge on any atom is -0.343 e. The lowest BCUT2D eigenvalue weighted by atomic mass is 9.98. The molecule has 4 rings (SSSR count). The average Bonchev–Trinajstić information content (AvgIpc) is 2.89. The summed E-state index contributed by atoms with van der Waals surface area (Å²) in [4.78, 5) is 25.5. The van der Waals surface area contributed by atoms with Crippen molar-refractivity contribution in [3.63, 3.8) is 0 Å². The van der Waals surface area contributed by atoms with Crippen LogP contribution in [0.4, 0.5) is 4.39 Å². The van der Waals surface area contributed by atoms with Crippen molar-refractivity contribution in [2.75, 3.05) is 0 Å². The van der Waals surface area contributed by atoms with Gasteiger partial charge in [0.25, 0.3) is 0 Å². The third-order valence-corrected chi connectivity index (χ3v) is 5.78. The maximum Gasteiger partial charge on any atom is 0.346 e. The summed E-state index contributed by atoms with van der Waals surface area (Å²) in [6.45, 7) is 0.423. The summed E-state index contributed by atoms with van der Waals surface area (Å²) in [5.41, 5.74) is 0.832. The third kappa shape index (κ3) is 4.38. The maximum atomic E-state index is 14.7. The fraction of sp³-hybridized carbons (Fsp3) is 0.318. The summed E-state index contributed by atoms with van der Waals surface area (Å²) in [5.74, 6) is -0.102. The van der Waals surface area contributed by atoms with Crippen LogP contribution < -0.4 is 11.0 Å². The van der Waals surface area contributed by atoms with Gasteiger partial charge in [0.1, 0.15) is 18.2 Å². The number of hydrogen-bond acceptors (Lipinski definition) is 3. The van der Waals surface area contributed by atoms with Gasteiger partial charge < -0.3 is 5.32 Å². The van der Waals surface area contributed by atoms with Crippen LogP contribution in [-0.2, 0) is 24.3 Å². The van der Waals surface area contributed by atoms with Crippen LogP contribution in [0.1, 0.15) is 42.3 Å². The Morgan fingerprint density at radius 3 is 2.73 bits per heavy atom. The van der Waals surface area contributed by atoms with Crippen molar-refractivity contribution in [3.05, 3.63) is 86.3 Å². The molecule has 6 nitrogen and oxygen atoms in total. The molecule has 156 valence electrons. The van der Waals surface area contributed by atoms with Gasteiger partial charge in [0.15, 0.2) is 0 Å². The Morgan fingerprint density at radius 1 is 1.17 bits per heavy atom. The van der Waals surface area contributed by atoms with E-state index in [1.54, 1.807) is 16.7 Å². The second kappa shape index (κ2) is 8.95. The summed E-state index contributed by atoms with van der Waals surface area (Å²) in [6.07, 6.45) is 3.73. The Balaban J connectivity index is 1.59. The van der Waals surface area contributed by atoms with Crippen LogP contribution in [0.3, 0.4) is 0 Å². The molecule has 1 aromatic heterocycles. The monoisotopic (exact) mass is 472 g/mol. The van der Waals surface area contributed by atoms with E-state index in [1.165, 1.54) is 10.7 Å². The van der Waals surface area contributed by atoms with E-state index in [0.29, 0.717) is 16.6 Å². The summed E-state index contributed by atoms with van der Waals surface area (Å²) in [5, 5.41) is 7.23. The smallest absolute Gasteiger partial charge is 0.343 e. The third-order valence-electron chi connectivity index (χ3n) is 5.29. The molecule has 0 spiro atoms. The molecule has 30 heavy (non-hydrogen) atoms.